The molecular weight excluding hydrogens is 610 g/mol. The van der Waals surface area contributed by atoms with Crippen LogP contribution in [-0.4, -0.2) is 50.9 Å². The van der Waals surface area contributed by atoms with Crippen molar-refractivity contribution < 1.29 is 22.7 Å². The van der Waals surface area contributed by atoms with Crippen molar-refractivity contribution in [3.8, 4) is 5.75 Å². The van der Waals surface area contributed by atoms with Gasteiger partial charge in [-0.2, -0.15) is 0 Å². The van der Waals surface area contributed by atoms with Crippen LogP contribution in [0, 0.1) is 6.92 Å². The standard InChI is InChI=1S/C35H38ClN3O5S/c1-25(2)37-35(41)32(21-27-11-7-5-8-12-27)38(23-28-13-9-6-10-14-28)34(40)24-39(31-22-29(36)17-20-33(31)44-4)45(42,43)30-18-15-26(3)16-19-30/h5-20,22,25,32H,21,23-24H2,1-4H3,(H,37,41)/t32-/m1/s1. The summed E-state index contributed by atoms with van der Waals surface area (Å²) in [5.41, 5.74) is 2.62. The maximum absolute atomic E-state index is 14.5. The summed E-state index contributed by atoms with van der Waals surface area (Å²) in [5.74, 6) is -0.696. The number of hydrogen-bond acceptors (Lipinski definition) is 5. The fourth-order valence-corrected chi connectivity index (χ4v) is 6.51. The van der Waals surface area contributed by atoms with E-state index >= 15 is 0 Å². The predicted octanol–water partition coefficient (Wildman–Crippen LogP) is 6.02. The molecule has 10 heteroatoms. The van der Waals surface area contributed by atoms with Crippen LogP contribution >= 0.6 is 11.6 Å². The fraction of sp³-hybridized carbons (Fsp3) is 0.257. The molecule has 2 amide bonds. The minimum atomic E-state index is -4.30. The minimum Gasteiger partial charge on any atom is -0.495 e. The van der Waals surface area contributed by atoms with Gasteiger partial charge in [0.05, 0.1) is 17.7 Å². The van der Waals surface area contributed by atoms with Crippen molar-refractivity contribution in [2.75, 3.05) is 18.0 Å². The molecule has 0 aliphatic rings. The first kappa shape index (κ1) is 33.6. The summed E-state index contributed by atoms with van der Waals surface area (Å²) in [6, 6.07) is 28.5. The summed E-state index contributed by atoms with van der Waals surface area (Å²) in [5, 5.41) is 3.22. The van der Waals surface area contributed by atoms with Crippen LogP contribution < -0.4 is 14.4 Å². The molecule has 0 aromatic heterocycles. The second-order valence-electron chi connectivity index (χ2n) is 11.0. The normalized spacial score (nSPS) is 12.0. The van der Waals surface area contributed by atoms with Gasteiger partial charge in [0.15, 0.2) is 0 Å². The van der Waals surface area contributed by atoms with Crippen molar-refractivity contribution in [2.24, 2.45) is 0 Å². The molecule has 0 heterocycles. The molecule has 1 atom stereocenters. The maximum Gasteiger partial charge on any atom is 0.264 e. The van der Waals surface area contributed by atoms with Crippen LogP contribution in [0.2, 0.25) is 5.02 Å². The van der Waals surface area contributed by atoms with Crippen LogP contribution in [0.15, 0.2) is 108 Å². The van der Waals surface area contributed by atoms with Crippen molar-refractivity contribution in [1.82, 2.24) is 10.2 Å². The Balaban J connectivity index is 1.84. The summed E-state index contributed by atoms with van der Waals surface area (Å²) in [6.07, 6.45) is 0.225. The lowest BCUT2D eigenvalue weighted by molar-refractivity contribution is -0.140. The summed E-state index contributed by atoms with van der Waals surface area (Å²) in [6.45, 7) is 5.02. The number of nitrogens with one attached hydrogen (secondary N) is 1. The van der Waals surface area contributed by atoms with Crippen LogP contribution in [0.25, 0.3) is 0 Å². The molecule has 0 aliphatic heterocycles. The number of carbonyl (C=O) groups excluding carboxylic acids is 2. The number of nitrogens with zero attached hydrogens (tertiary/aromatic N) is 2. The molecular formula is C35H38ClN3O5S. The van der Waals surface area contributed by atoms with Gasteiger partial charge in [-0.05, 0) is 62.2 Å². The zero-order chi connectivity index (χ0) is 32.6. The van der Waals surface area contributed by atoms with Gasteiger partial charge in [0.2, 0.25) is 11.8 Å². The van der Waals surface area contributed by atoms with Crippen LogP contribution in [0.4, 0.5) is 5.69 Å². The number of rotatable bonds is 13. The summed E-state index contributed by atoms with van der Waals surface area (Å²) < 4.78 is 35.0. The largest absolute Gasteiger partial charge is 0.495 e. The Kier molecular flexibility index (Phi) is 11.3. The summed E-state index contributed by atoms with van der Waals surface area (Å²) in [7, 11) is -2.88. The number of hydrogen-bond donors (Lipinski definition) is 1. The van der Waals surface area contributed by atoms with Gasteiger partial charge < -0.3 is 15.0 Å². The van der Waals surface area contributed by atoms with E-state index in [-0.39, 0.29) is 46.3 Å². The highest BCUT2D eigenvalue weighted by atomic mass is 35.5. The molecule has 4 aromatic carbocycles. The molecule has 0 aliphatic carbocycles. The van der Waals surface area contributed by atoms with E-state index in [1.165, 1.54) is 30.2 Å². The summed E-state index contributed by atoms with van der Waals surface area (Å²) >= 11 is 6.35. The molecule has 0 saturated heterocycles. The van der Waals surface area contributed by atoms with Crippen molar-refractivity contribution in [3.05, 3.63) is 125 Å². The first-order valence-corrected chi connectivity index (χ1v) is 16.4. The number of amides is 2. The number of aryl methyl sites for hydroxylation is 1. The first-order chi connectivity index (χ1) is 21.5. The van der Waals surface area contributed by atoms with E-state index in [2.05, 4.69) is 5.32 Å². The lowest BCUT2D eigenvalue weighted by Crippen LogP contribution is -2.54. The fourth-order valence-electron chi connectivity index (χ4n) is 4.92. The van der Waals surface area contributed by atoms with Gasteiger partial charge in [0, 0.05) is 24.0 Å². The minimum absolute atomic E-state index is 0.00377. The van der Waals surface area contributed by atoms with E-state index in [0.717, 1.165) is 21.0 Å². The quantitative estimate of drug-likeness (QED) is 0.192. The second kappa shape index (κ2) is 15.1. The molecule has 0 spiro atoms. The lowest BCUT2D eigenvalue weighted by atomic mass is 10.0. The Morgan fingerprint density at radius 2 is 1.47 bits per heavy atom. The number of ether oxygens (including phenoxy) is 1. The predicted molar refractivity (Wildman–Crippen MR) is 178 cm³/mol. The number of sulfonamides is 1. The van der Waals surface area contributed by atoms with Crippen LogP contribution in [0.3, 0.4) is 0 Å². The van der Waals surface area contributed by atoms with E-state index in [1.54, 1.807) is 24.3 Å². The Hall–Kier alpha value is -4.34. The number of anilines is 1. The van der Waals surface area contributed by atoms with Gasteiger partial charge in [-0.1, -0.05) is 90.0 Å². The first-order valence-electron chi connectivity index (χ1n) is 14.6. The molecule has 0 bridgehead atoms. The zero-order valence-electron chi connectivity index (χ0n) is 25.8. The molecule has 236 valence electrons. The third-order valence-corrected chi connectivity index (χ3v) is 9.20. The number of carbonyl (C=O) groups is 2. The highest BCUT2D eigenvalue weighted by Gasteiger charge is 2.35. The Labute approximate surface area is 270 Å². The highest BCUT2D eigenvalue weighted by molar-refractivity contribution is 7.92. The maximum atomic E-state index is 14.5. The van der Waals surface area contributed by atoms with Gasteiger partial charge in [-0.25, -0.2) is 8.42 Å². The van der Waals surface area contributed by atoms with Crippen molar-refractivity contribution >= 4 is 39.1 Å². The Bertz CT molecular complexity index is 1700. The molecule has 0 unspecified atom stereocenters. The smallest absolute Gasteiger partial charge is 0.264 e. The molecule has 0 fully saturated rings. The molecule has 0 radical (unpaired) electrons. The van der Waals surface area contributed by atoms with Gasteiger partial charge >= 0.3 is 0 Å². The average Bonchev–Trinajstić information content (AvgIpc) is 3.02. The molecule has 1 N–H and O–H groups in total. The SMILES string of the molecule is COc1ccc(Cl)cc1N(CC(=O)N(Cc1ccccc1)[C@H](Cc1ccccc1)C(=O)NC(C)C)S(=O)(=O)c1ccc(C)cc1. The number of benzene rings is 4. The van der Waals surface area contributed by atoms with Gasteiger partial charge in [0.1, 0.15) is 18.3 Å². The van der Waals surface area contributed by atoms with Gasteiger partial charge in [-0.15, -0.1) is 0 Å². The highest BCUT2D eigenvalue weighted by Crippen LogP contribution is 2.35. The molecule has 8 nitrogen and oxygen atoms in total. The van der Waals surface area contributed by atoms with Gasteiger partial charge in [0.25, 0.3) is 10.0 Å². The van der Waals surface area contributed by atoms with Crippen LogP contribution in [0.5, 0.6) is 5.75 Å². The second-order valence-corrected chi connectivity index (χ2v) is 13.3. The molecule has 4 rings (SSSR count). The molecule has 0 saturated carbocycles. The van der Waals surface area contributed by atoms with E-state index in [1.807, 2.05) is 81.4 Å². The van der Waals surface area contributed by atoms with E-state index in [4.69, 9.17) is 16.3 Å². The van der Waals surface area contributed by atoms with Crippen LogP contribution in [-0.2, 0) is 32.6 Å². The van der Waals surface area contributed by atoms with E-state index < -0.39 is 28.5 Å². The third-order valence-electron chi connectivity index (χ3n) is 7.20. The Morgan fingerprint density at radius 3 is 2.04 bits per heavy atom. The monoisotopic (exact) mass is 647 g/mol. The summed E-state index contributed by atoms with van der Waals surface area (Å²) in [4.78, 5) is 29.8. The molecule has 4 aromatic rings. The zero-order valence-corrected chi connectivity index (χ0v) is 27.4. The topological polar surface area (TPSA) is 96.0 Å². The number of methoxy groups -OCH3 is 1. The van der Waals surface area contributed by atoms with E-state index in [9.17, 15) is 18.0 Å². The number of halogens is 1. The van der Waals surface area contributed by atoms with Crippen LogP contribution in [0.1, 0.15) is 30.5 Å². The average molecular weight is 648 g/mol. The van der Waals surface area contributed by atoms with E-state index in [0.29, 0.717) is 0 Å². The molecule has 45 heavy (non-hydrogen) atoms. The Morgan fingerprint density at radius 1 is 0.867 bits per heavy atom. The van der Waals surface area contributed by atoms with Crippen molar-refractivity contribution in [2.45, 2.75) is 50.7 Å². The van der Waals surface area contributed by atoms with Gasteiger partial charge in [-0.3, -0.25) is 13.9 Å². The third kappa shape index (κ3) is 8.65. The van der Waals surface area contributed by atoms with Crippen molar-refractivity contribution in [3.63, 3.8) is 0 Å². The lowest BCUT2D eigenvalue weighted by Gasteiger charge is -2.34. The van der Waals surface area contributed by atoms with Crippen molar-refractivity contribution in [1.29, 1.82) is 0 Å².